The van der Waals surface area contributed by atoms with E-state index in [-0.39, 0.29) is 18.3 Å². The van der Waals surface area contributed by atoms with E-state index in [1.807, 2.05) is 36.4 Å². The van der Waals surface area contributed by atoms with Crippen molar-refractivity contribution in [1.82, 2.24) is 5.32 Å². The highest BCUT2D eigenvalue weighted by molar-refractivity contribution is 7.92. The van der Waals surface area contributed by atoms with Crippen molar-refractivity contribution in [3.63, 3.8) is 0 Å². The van der Waals surface area contributed by atoms with Crippen LogP contribution in [0.4, 0.5) is 10.1 Å². The van der Waals surface area contributed by atoms with Crippen LogP contribution in [0.1, 0.15) is 21.5 Å². The average Bonchev–Trinajstić information content (AvgIpc) is 2.83. The molecule has 4 aromatic carbocycles. The monoisotopic (exact) mass is 476 g/mol. The molecule has 5 nitrogen and oxygen atoms in total. The van der Waals surface area contributed by atoms with Gasteiger partial charge in [-0.2, -0.15) is 0 Å². The molecule has 0 atom stereocenters. The second-order valence-corrected chi connectivity index (χ2v) is 10.0. The lowest BCUT2D eigenvalue weighted by Gasteiger charge is -2.23. The van der Waals surface area contributed by atoms with Gasteiger partial charge in [0.05, 0.1) is 18.5 Å². The van der Waals surface area contributed by atoms with Crippen LogP contribution in [0.5, 0.6) is 0 Å². The number of amides is 1. The first-order valence-corrected chi connectivity index (χ1v) is 12.7. The molecule has 34 heavy (non-hydrogen) atoms. The molecule has 0 aliphatic carbocycles. The highest BCUT2D eigenvalue weighted by Gasteiger charge is 2.18. The molecular formula is C27H25FN2O3S. The fraction of sp³-hybridized carbons (Fsp3) is 0.148. The van der Waals surface area contributed by atoms with E-state index in [0.717, 1.165) is 21.9 Å². The van der Waals surface area contributed by atoms with Crippen LogP contribution in [-0.4, -0.2) is 27.1 Å². The lowest BCUT2D eigenvalue weighted by molar-refractivity contribution is 0.0954. The summed E-state index contributed by atoms with van der Waals surface area (Å²) >= 11 is 0. The molecule has 0 aliphatic heterocycles. The van der Waals surface area contributed by atoms with E-state index in [1.165, 1.54) is 22.7 Å². The average molecular weight is 477 g/mol. The molecule has 4 rings (SSSR count). The first-order valence-electron chi connectivity index (χ1n) is 10.9. The maximum Gasteiger partial charge on any atom is 0.251 e. The molecule has 0 radical (unpaired) electrons. The summed E-state index contributed by atoms with van der Waals surface area (Å²) in [6, 6.07) is 26.4. The Hall–Kier alpha value is -3.71. The number of rotatable bonds is 8. The Labute approximate surface area is 198 Å². The quantitative estimate of drug-likeness (QED) is 0.393. The number of anilines is 1. The summed E-state index contributed by atoms with van der Waals surface area (Å²) in [7, 11) is -3.52. The van der Waals surface area contributed by atoms with Crippen LogP contribution in [-0.2, 0) is 23.0 Å². The highest BCUT2D eigenvalue weighted by atomic mass is 32.2. The van der Waals surface area contributed by atoms with Crippen LogP contribution in [0.25, 0.3) is 10.8 Å². The van der Waals surface area contributed by atoms with Crippen molar-refractivity contribution in [2.24, 2.45) is 0 Å². The minimum absolute atomic E-state index is 0.156. The second kappa shape index (κ2) is 10.1. The van der Waals surface area contributed by atoms with Crippen LogP contribution in [0.3, 0.4) is 0 Å². The van der Waals surface area contributed by atoms with Crippen molar-refractivity contribution in [2.75, 3.05) is 17.1 Å². The zero-order valence-electron chi connectivity index (χ0n) is 18.7. The second-order valence-electron chi connectivity index (χ2n) is 8.13. The van der Waals surface area contributed by atoms with Gasteiger partial charge in [-0.3, -0.25) is 9.10 Å². The third-order valence-electron chi connectivity index (χ3n) is 5.58. The summed E-state index contributed by atoms with van der Waals surface area (Å²) in [4.78, 5) is 12.5. The van der Waals surface area contributed by atoms with E-state index in [2.05, 4.69) is 5.32 Å². The van der Waals surface area contributed by atoms with Crippen LogP contribution < -0.4 is 9.62 Å². The van der Waals surface area contributed by atoms with Crippen LogP contribution in [0.15, 0.2) is 91.0 Å². The summed E-state index contributed by atoms with van der Waals surface area (Å²) in [5.41, 5.74) is 2.77. The minimum Gasteiger partial charge on any atom is -0.352 e. The van der Waals surface area contributed by atoms with Gasteiger partial charge in [0.2, 0.25) is 10.0 Å². The normalized spacial score (nSPS) is 11.4. The SMILES string of the molecule is CS(=O)(=O)N(Cc1ccc(C(=O)NCCc2ccc(F)cc2)cc1)c1ccc2ccccc2c1. The Morgan fingerprint density at radius 2 is 1.50 bits per heavy atom. The van der Waals surface area contributed by atoms with Crippen molar-refractivity contribution >= 4 is 32.4 Å². The van der Waals surface area contributed by atoms with Crippen LogP contribution >= 0.6 is 0 Å². The molecule has 0 aliphatic rings. The van der Waals surface area contributed by atoms with Gasteiger partial charge in [0.1, 0.15) is 5.82 Å². The third-order valence-corrected chi connectivity index (χ3v) is 6.72. The summed E-state index contributed by atoms with van der Waals surface area (Å²) in [6.07, 6.45) is 1.78. The number of nitrogens with one attached hydrogen (secondary N) is 1. The zero-order valence-corrected chi connectivity index (χ0v) is 19.6. The predicted octanol–water partition coefficient (Wildman–Crippen LogP) is 4.92. The molecule has 174 valence electrons. The number of nitrogens with zero attached hydrogens (tertiary/aromatic N) is 1. The highest BCUT2D eigenvalue weighted by Crippen LogP contribution is 2.25. The summed E-state index contributed by atoms with van der Waals surface area (Å²) < 4.78 is 39.4. The van der Waals surface area contributed by atoms with Gasteiger partial charge in [0, 0.05) is 12.1 Å². The molecule has 1 N–H and O–H groups in total. The number of carbonyl (C=O) groups excluding carboxylic acids is 1. The molecule has 1 amide bonds. The predicted molar refractivity (Wildman–Crippen MR) is 134 cm³/mol. The van der Waals surface area contributed by atoms with E-state index in [9.17, 15) is 17.6 Å². The van der Waals surface area contributed by atoms with Crippen molar-refractivity contribution in [2.45, 2.75) is 13.0 Å². The number of hydrogen-bond donors (Lipinski definition) is 1. The van der Waals surface area contributed by atoms with Crippen molar-refractivity contribution < 1.29 is 17.6 Å². The van der Waals surface area contributed by atoms with Crippen molar-refractivity contribution in [3.8, 4) is 0 Å². The van der Waals surface area contributed by atoms with Gasteiger partial charge in [0.15, 0.2) is 0 Å². The molecular weight excluding hydrogens is 451 g/mol. The molecule has 7 heteroatoms. The Morgan fingerprint density at radius 3 is 2.18 bits per heavy atom. The van der Waals surface area contributed by atoms with E-state index in [4.69, 9.17) is 0 Å². The zero-order chi connectivity index (χ0) is 24.1. The van der Waals surface area contributed by atoms with Gasteiger partial charge in [-0.05, 0) is 64.7 Å². The molecule has 4 aromatic rings. The molecule has 0 heterocycles. The van der Waals surface area contributed by atoms with E-state index >= 15 is 0 Å². The summed E-state index contributed by atoms with van der Waals surface area (Å²) in [5.74, 6) is -0.508. The third kappa shape index (κ3) is 5.80. The van der Waals surface area contributed by atoms with Crippen LogP contribution in [0, 0.1) is 5.82 Å². The first-order chi connectivity index (χ1) is 16.3. The molecule has 0 aromatic heterocycles. The summed E-state index contributed by atoms with van der Waals surface area (Å²) in [6.45, 7) is 0.583. The maximum atomic E-state index is 13.0. The summed E-state index contributed by atoms with van der Waals surface area (Å²) in [5, 5.41) is 4.85. The van der Waals surface area contributed by atoms with Gasteiger partial charge in [-0.15, -0.1) is 0 Å². The molecule has 0 spiro atoms. The Bertz CT molecular complexity index is 1400. The molecule has 0 saturated carbocycles. The standard InChI is InChI=1S/C27H25FN2O3S/c1-34(32,33)30(26-15-12-22-4-2-3-5-24(22)18-26)19-21-6-10-23(11-7-21)27(31)29-17-16-20-8-13-25(28)14-9-20/h2-15,18H,16-17,19H2,1H3,(H,29,31). The van der Waals surface area contributed by atoms with Gasteiger partial charge in [-0.1, -0.05) is 54.6 Å². The lowest BCUT2D eigenvalue weighted by Crippen LogP contribution is -2.29. The molecule has 0 saturated heterocycles. The fourth-order valence-corrected chi connectivity index (χ4v) is 4.61. The topological polar surface area (TPSA) is 66.5 Å². The van der Waals surface area contributed by atoms with E-state index < -0.39 is 10.0 Å². The molecule has 0 fully saturated rings. The fourth-order valence-electron chi connectivity index (χ4n) is 3.73. The largest absolute Gasteiger partial charge is 0.352 e. The lowest BCUT2D eigenvalue weighted by atomic mass is 10.1. The van der Waals surface area contributed by atoms with Crippen LogP contribution in [0.2, 0.25) is 0 Å². The Balaban J connectivity index is 1.43. The first kappa shape index (κ1) is 23.4. The van der Waals surface area contributed by atoms with E-state index in [1.54, 1.807) is 42.5 Å². The molecule has 0 bridgehead atoms. The minimum atomic E-state index is -3.52. The Morgan fingerprint density at radius 1 is 0.853 bits per heavy atom. The number of hydrogen-bond acceptors (Lipinski definition) is 3. The van der Waals surface area contributed by atoms with Crippen molar-refractivity contribution in [1.29, 1.82) is 0 Å². The number of sulfonamides is 1. The van der Waals surface area contributed by atoms with Gasteiger partial charge >= 0.3 is 0 Å². The number of carbonyl (C=O) groups is 1. The smallest absolute Gasteiger partial charge is 0.251 e. The number of fused-ring (bicyclic) bond motifs is 1. The maximum absolute atomic E-state index is 13.0. The molecule has 0 unspecified atom stereocenters. The Kier molecular flexibility index (Phi) is 6.93. The van der Waals surface area contributed by atoms with Gasteiger partial charge < -0.3 is 5.32 Å². The van der Waals surface area contributed by atoms with Crippen molar-refractivity contribution in [3.05, 3.63) is 114 Å². The number of halogens is 1. The van der Waals surface area contributed by atoms with Gasteiger partial charge in [-0.25, -0.2) is 12.8 Å². The number of benzene rings is 4. The van der Waals surface area contributed by atoms with E-state index in [0.29, 0.717) is 24.2 Å². The van der Waals surface area contributed by atoms with Gasteiger partial charge in [0.25, 0.3) is 5.91 Å².